The fraction of sp³-hybridized carbons (Fsp3) is 0.462. The number of β-lactam (4-membered cyclic amide) rings is 1. The summed E-state index contributed by atoms with van der Waals surface area (Å²) in [5.74, 6) is -2.57. The molecule has 2 N–H and O–H groups in total. The van der Waals surface area contributed by atoms with Crippen molar-refractivity contribution in [2.75, 3.05) is 12.4 Å². The molecule has 2 aliphatic rings. The quantitative estimate of drug-likeness (QED) is 0.415. The molecule has 1 aromatic heterocycles. The van der Waals surface area contributed by atoms with Gasteiger partial charge in [0.1, 0.15) is 36.6 Å². The summed E-state index contributed by atoms with van der Waals surface area (Å²) in [5.41, 5.74) is 0.131. The molecule has 138 valence electrons. The number of hydrogen-bond acceptors (Lipinski definition) is 9. The van der Waals surface area contributed by atoms with E-state index in [1.165, 1.54) is 29.7 Å². The molecular weight excluding hydrogens is 368 g/mol. The number of carbonyl (C=O) groups excluding carboxylic acids is 3. The van der Waals surface area contributed by atoms with Crippen molar-refractivity contribution in [1.82, 2.24) is 30.4 Å². The molecule has 2 atom stereocenters. The zero-order valence-corrected chi connectivity index (χ0v) is 14.3. The van der Waals surface area contributed by atoms with Crippen molar-refractivity contribution in [3.05, 3.63) is 17.6 Å². The summed E-state index contributed by atoms with van der Waals surface area (Å²) in [5, 5.41) is 21.8. The van der Waals surface area contributed by atoms with Gasteiger partial charge in [0.2, 0.25) is 5.91 Å². The Morgan fingerprint density at radius 1 is 1.46 bits per heavy atom. The van der Waals surface area contributed by atoms with Crippen molar-refractivity contribution in [3.8, 4) is 0 Å². The highest BCUT2D eigenvalue weighted by molar-refractivity contribution is 8.00. The number of aliphatic carboxylic acids is 1. The van der Waals surface area contributed by atoms with Crippen LogP contribution in [0.5, 0.6) is 0 Å². The van der Waals surface area contributed by atoms with Crippen LogP contribution in [0.15, 0.2) is 17.6 Å². The minimum Gasteiger partial charge on any atom is -0.477 e. The molecule has 2 amide bonds. The van der Waals surface area contributed by atoms with Gasteiger partial charge in [-0.25, -0.2) is 9.48 Å². The van der Waals surface area contributed by atoms with Crippen LogP contribution in [0.3, 0.4) is 0 Å². The second-order valence-electron chi connectivity index (χ2n) is 5.50. The Kier molecular flexibility index (Phi) is 4.88. The second kappa shape index (κ2) is 7.11. The average Bonchev–Trinajstić information content (AvgIpc) is 3.09. The van der Waals surface area contributed by atoms with Gasteiger partial charge >= 0.3 is 11.9 Å². The predicted molar refractivity (Wildman–Crippen MR) is 84.1 cm³/mol. The zero-order chi connectivity index (χ0) is 18.8. The lowest BCUT2D eigenvalue weighted by molar-refractivity contribution is -0.151. The number of carboxylic acids is 1. The van der Waals surface area contributed by atoms with Gasteiger partial charge in [0, 0.05) is 18.2 Å². The topological polar surface area (TPSA) is 157 Å². The Balaban J connectivity index is 1.69. The molecule has 0 bridgehead atoms. The van der Waals surface area contributed by atoms with E-state index in [-0.39, 0.29) is 24.6 Å². The molecule has 1 saturated heterocycles. The van der Waals surface area contributed by atoms with Crippen molar-refractivity contribution in [1.29, 1.82) is 0 Å². The highest BCUT2D eigenvalue weighted by Crippen LogP contribution is 2.40. The number of ether oxygens (including phenoxy) is 1. The number of esters is 1. The van der Waals surface area contributed by atoms with Gasteiger partial charge in [0.25, 0.3) is 5.91 Å². The third kappa shape index (κ3) is 3.37. The Bertz CT molecular complexity index is 793. The van der Waals surface area contributed by atoms with E-state index in [1.807, 2.05) is 0 Å². The molecule has 13 heteroatoms. The summed E-state index contributed by atoms with van der Waals surface area (Å²) < 4.78 is 6.05. The number of rotatable bonds is 6. The maximum atomic E-state index is 12.4. The minimum absolute atomic E-state index is 0.159. The molecule has 0 radical (unpaired) electrons. The molecule has 0 unspecified atom stereocenters. The summed E-state index contributed by atoms with van der Waals surface area (Å²) in [7, 11) is 0. The van der Waals surface area contributed by atoms with Crippen molar-refractivity contribution < 1.29 is 29.0 Å². The third-order valence-corrected chi connectivity index (χ3v) is 5.05. The fourth-order valence-corrected chi connectivity index (χ4v) is 3.93. The van der Waals surface area contributed by atoms with Crippen LogP contribution >= 0.6 is 11.8 Å². The van der Waals surface area contributed by atoms with E-state index in [9.17, 15) is 24.3 Å². The summed E-state index contributed by atoms with van der Waals surface area (Å²) in [6.07, 6.45) is 1.26. The molecule has 0 spiro atoms. The smallest absolute Gasteiger partial charge is 0.352 e. The van der Waals surface area contributed by atoms with E-state index in [4.69, 9.17) is 4.74 Å². The number of carbonyl (C=O) groups is 4. The molecule has 3 heterocycles. The zero-order valence-electron chi connectivity index (χ0n) is 13.5. The van der Waals surface area contributed by atoms with Crippen molar-refractivity contribution in [2.24, 2.45) is 0 Å². The highest BCUT2D eigenvalue weighted by Gasteiger charge is 2.54. The van der Waals surface area contributed by atoms with E-state index in [0.29, 0.717) is 5.57 Å². The van der Waals surface area contributed by atoms with Gasteiger partial charge in [-0.15, -0.1) is 16.9 Å². The number of aromatic nitrogens is 4. The monoisotopic (exact) mass is 382 g/mol. The molecule has 3 rings (SSSR count). The highest BCUT2D eigenvalue weighted by atomic mass is 32.2. The van der Waals surface area contributed by atoms with Crippen LogP contribution in [-0.2, 0) is 30.5 Å². The number of nitrogens with one attached hydrogen (secondary N) is 1. The number of thioether (sulfide) groups is 1. The maximum absolute atomic E-state index is 12.4. The largest absolute Gasteiger partial charge is 0.477 e. The maximum Gasteiger partial charge on any atom is 0.352 e. The van der Waals surface area contributed by atoms with E-state index in [1.54, 1.807) is 0 Å². The first-order chi connectivity index (χ1) is 12.4. The van der Waals surface area contributed by atoms with Crippen LogP contribution in [0, 0.1) is 0 Å². The first-order valence-corrected chi connectivity index (χ1v) is 8.47. The molecule has 0 aromatic carbocycles. The van der Waals surface area contributed by atoms with Crippen LogP contribution in [0.2, 0.25) is 0 Å². The van der Waals surface area contributed by atoms with Crippen LogP contribution in [0.25, 0.3) is 0 Å². The summed E-state index contributed by atoms with van der Waals surface area (Å²) in [6.45, 7) is 0.856. The molecule has 12 nitrogen and oxygen atoms in total. The normalized spacial score (nSPS) is 21.7. The molecule has 1 fully saturated rings. The molecule has 0 saturated carbocycles. The number of carboxylic acid groups (broad SMARTS) is 1. The molecule has 0 aliphatic carbocycles. The van der Waals surface area contributed by atoms with Crippen molar-refractivity contribution >= 4 is 35.5 Å². The van der Waals surface area contributed by atoms with Crippen molar-refractivity contribution in [3.63, 3.8) is 0 Å². The molecule has 2 aliphatic heterocycles. The van der Waals surface area contributed by atoms with Gasteiger partial charge in [-0.1, -0.05) is 0 Å². The van der Waals surface area contributed by atoms with Gasteiger partial charge < -0.3 is 15.2 Å². The van der Waals surface area contributed by atoms with E-state index in [2.05, 4.69) is 20.8 Å². The summed E-state index contributed by atoms with van der Waals surface area (Å²) in [6, 6.07) is -0.839. The lowest BCUT2D eigenvalue weighted by Crippen LogP contribution is -2.70. The molecule has 1 aromatic rings. The van der Waals surface area contributed by atoms with Gasteiger partial charge in [0.15, 0.2) is 0 Å². The number of amides is 2. The fourth-order valence-electron chi connectivity index (χ4n) is 2.60. The number of fused-ring (bicyclic) bond motifs is 1. The molecule has 26 heavy (non-hydrogen) atoms. The Morgan fingerprint density at radius 2 is 2.23 bits per heavy atom. The predicted octanol–water partition coefficient (Wildman–Crippen LogP) is -2.03. The van der Waals surface area contributed by atoms with Crippen LogP contribution in [0.1, 0.15) is 6.92 Å². The summed E-state index contributed by atoms with van der Waals surface area (Å²) >= 11 is 1.29. The van der Waals surface area contributed by atoms with Gasteiger partial charge in [0.05, 0.1) is 0 Å². The standard InChI is InChI=1S/C13H14N6O6S/c1-6(20)25-3-7-4-26-12-9(11(22)19(12)10(7)13(23)24)15-8(21)2-18-5-14-16-17-18/h5,9,12H,2-4H2,1H3,(H,15,21)(H,23,24)/t9-,12-/m1/s1. The average molecular weight is 382 g/mol. The second-order valence-corrected chi connectivity index (χ2v) is 6.60. The van der Waals surface area contributed by atoms with E-state index in [0.717, 1.165) is 4.90 Å². The van der Waals surface area contributed by atoms with Crippen molar-refractivity contribution in [2.45, 2.75) is 24.9 Å². The van der Waals surface area contributed by atoms with Crippen LogP contribution < -0.4 is 5.32 Å². The summed E-state index contributed by atoms with van der Waals surface area (Å²) in [4.78, 5) is 48.0. The number of nitrogens with zero attached hydrogens (tertiary/aromatic N) is 5. The van der Waals surface area contributed by atoms with E-state index < -0.39 is 35.2 Å². The van der Waals surface area contributed by atoms with Crippen LogP contribution in [-0.4, -0.2) is 77.7 Å². The first kappa shape index (κ1) is 17.8. The lowest BCUT2D eigenvalue weighted by atomic mass is 10.0. The van der Waals surface area contributed by atoms with Gasteiger partial charge in [-0.3, -0.25) is 19.3 Å². The first-order valence-electron chi connectivity index (χ1n) is 7.42. The minimum atomic E-state index is -1.29. The van der Waals surface area contributed by atoms with E-state index >= 15 is 0 Å². The number of hydrogen-bond donors (Lipinski definition) is 2. The van der Waals surface area contributed by atoms with Crippen LogP contribution in [0.4, 0.5) is 0 Å². The molecular formula is C13H14N6O6S. The lowest BCUT2D eigenvalue weighted by Gasteiger charge is -2.49. The third-order valence-electron chi connectivity index (χ3n) is 3.71. The van der Waals surface area contributed by atoms with Gasteiger partial charge in [-0.05, 0) is 10.4 Å². The number of tetrazole rings is 1. The Morgan fingerprint density at radius 3 is 2.85 bits per heavy atom. The van der Waals surface area contributed by atoms with Gasteiger partial charge in [-0.2, -0.15) is 0 Å². The Hall–Kier alpha value is -2.96. The SMILES string of the molecule is CC(=O)OCC1=C(C(=O)O)N2C(=O)[C@@H](NC(=O)Cn3cnnn3)[C@H]2SC1. The Labute approximate surface area is 150 Å².